The van der Waals surface area contributed by atoms with Gasteiger partial charge in [0.2, 0.25) is 0 Å². The first-order chi connectivity index (χ1) is 24.0. The molecule has 4 heterocycles. The summed E-state index contributed by atoms with van der Waals surface area (Å²) in [4.78, 5) is 37.7. The Morgan fingerprint density at radius 3 is 2.25 bits per heavy atom. The lowest BCUT2D eigenvalue weighted by molar-refractivity contribution is -0.199. The van der Waals surface area contributed by atoms with Gasteiger partial charge in [-0.15, -0.1) is 0 Å². The first-order valence-electron chi connectivity index (χ1n) is 18.5. The van der Waals surface area contributed by atoms with E-state index in [2.05, 4.69) is 50.5 Å². The molecule has 1 aromatic heterocycles. The lowest BCUT2D eigenvalue weighted by Crippen LogP contribution is -2.74. The van der Waals surface area contributed by atoms with Crippen molar-refractivity contribution in [3.63, 3.8) is 0 Å². The number of likely N-dealkylation sites (tertiary alicyclic amines) is 2. The summed E-state index contributed by atoms with van der Waals surface area (Å²) in [5.74, 6) is 8.91. The molecule has 51 heavy (non-hydrogen) atoms. The molecule has 2 saturated carbocycles. The van der Waals surface area contributed by atoms with Crippen molar-refractivity contribution in [2.45, 2.75) is 104 Å². The number of carbonyl (C=O) groups excluding carboxylic acids is 2. The first-order valence-corrected chi connectivity index (χ1v) is 18.8. The van der Waals surface area contributed by atoms with Gasteiger partial charge in [0.05, 0.1) is 28.4 Å². The predicted molar refractivity (Wildman–Crippen MR) is 195 cm³/mol. The molecule has 3 aliphatic heterocycles. The van der Waals surface area contributed by atoms with E-state index in [0.29, 0.717) is 52.2 Å². The Bertz CT molecular complexity index is 1800. The number of halogens is 1. The van der Waals surface area contributed by atoms with Crippen LogP contribution in [0.3, 0.4) is 0 Å². The van der Waals surface area contributed by atoms with E-state index in [1.54, 1.807) is 18.2 Å². The molecule has 270 valence electrons. The van der Waals surface area contributed by atoms with Crippen molar-refractivity contribution in [1.29, 1.82) is 5.26 Å². The van der Waals surface area contributed by atoms with Gasteiger partial charge in [-0.3, -0.25) is 9.69 Å². The van der Waals surface area contributed by atoms with E-state index in [0.717, 1.165) is 63.3 Å². The van der Waals surface area contributed by atoms with Crippen LogP contribution in [-0.2, 0) is 11.3 Å². The number of carbonyl (C=O) groups is 2. The van der Waals surface area contributed by atoms with Gasteiger partial charge in [0.15, 0.2) is 0 Å². The standard InChI is InChI=1S/C41H50ClN5O4/c1-39(2,3)51-38(49)46-22-27-20-45(21-28(27)23-46)30-14-9-25(10-15-30)8-12-29-13-17-32-34(44-29)24-47(35(32)48)36-40(4,5)37(41(36,6)7)50-31-16-11-26(19-43)33(42)18-31/h11,13,16-18,25,27-28,30,36-37H,9-10,14-15,20-24H2,1-7H3/t25?,27?,28?,30?,36-,37-. The molecule has 2 aromatic rings. The van der Waals surface area contributed by atoms with E-state index < -0.39 is 5.60 Å². The Morgan fingerprint density at radius 1 is 0.980 bits per heavy atom. The number of hydrogen-bond donors (Lipinski definition) is 0. The van der Waals surface area contributed by atoms with Crippen LogP contribution in [-0.4, -0.2) is 81.7 Å². The third kappa shape index (κ3) is 6.69. The fourth-order valence-electron chi connectivity index (χ4n) is 10.1. The third-order valence-corrected chi connectivity index (χ3v) is 12.3. The molecular weight excluding hydrogens is 662 g/mol. The number of hydrogen-bond acceptors (Lipinski definition) is 7. The van der Waals surface area contributed by atoms with Crippen LogP contribution in [0.25, 0.3) is 0 Å². The van der Waals surface area contributed by atoms with Gasteiger partial charge in [0, 0.05) is 61.1 Å². The monoisotopic (exact) mass is 711 g/mol. The molecule has 9 nitrogen and oxygen atoms in total. The summed E-state index contributed by atoms with van der Waals surface area (Å²) >= 11 is 6.28. The summed E-state index contributed by atoms with van der Waals surface area (Å²) in [6.45, 7) is 18.5. The molecule has 0 spiro atoms. The van der Waals surface area contributed by atoms with Crippen molar-refractivity contribution >= 4 is 23.6 Å². The highest BCUT2D eigenvalue weighted by Crippen LogP contribution is 2.59. The van der Waals surface area contributed by atoms with Gasteiger partial charge in [0.1, 0.15) is 29.2 Å². The molecule has 2 unspecified atom stereocenters. The van der Waals surface area contributed by atoms with E-state index in [1.807, 2.05) is 42.7 Å². The highest BCUT2D eigenvalue weighted by Gasteiger charge is 2.67. The molecule has 4 fully saturated rings. The number of nitriles is 1. The second-order valence-corrected chi connectivity index (χ2v) is 18.0. The summed E-state index contributed by atoms with van der Waals surface area (Å²) in [7, 11) is 0. The average Bonchev–Trinajstić information content (AvgIpc) is 3.74. The lowest BCUT2D eigenvalue weighted by Gasteiger charge is -2.65. The topological polar surface area (TPSA) is 99.0 Å². The number of nitrogens with zero attached hydrogens (tertiary/aromatic N) is 5. The van der Waals surface area contributed by atoms with Crippen LogP contribution in [0.1, 0.15) is 101 Å². The fraction of sp³-hybridized carbons (Fsp3) is 0.610. The van der Waals surface area contributed by atoms with Crippen molar-refractivity contribution in [1.82, 2.24) is 19.7 Å². The Hall–Kier alpha value is -3.79. The van der Waals surface area contributed by atoms with Crippen molar-refractivity contribution in [2.24, 2.45) is 28.6 Å². The highest BCUT2D eigenvalue weighted by atomic mass is 35.5. The Kier molecular flexibility index (Phi) is 9.08. The zero-order chi connectivity index (χ0) is 36.5. The maximum Gasteiger partial charge on any atom is 0.410 e. The molecule has 10 heteroatoms. The van der Waals surface area contributed by atoms with Gasteiger partial charge in [-0.1, -0.05) is 45.2 Å². The second-order valence-electron chi connectivity index (χ2n) is 17.6. The molecule has 2 saturated heterocycles. The number of amides is 2. The second kappa shape index (κ2) is 13.0. The molecule has 2 aliphatic carbocycles. The van der Waals surface area contributed by atoms with Crippen molar-refractivity contribution in [3.05, 3.63) is 57.9 Å². The molecule has 0 bridgehead atoms. The van der Waals surface area contributed by atoms with Crippen LogP contribution in [0.5, 0.6) is 5.75 Å². The van der Waals surface area contributed by atoms with Crippen LogP contribution in [0.2, 0.25) is 5.02 Å². The number of fused-ring (bicyclic) bond motifs is 2. The minimum Gasteiger partial charge on any atom is -0.489 e. The smallest absolute Gasteiger partial charge is 0.410 e. The van der Waals surface area contributed by atoms with Crippen LogP contribution in [0.4, 0.5) is 4.79 Å². The molecule has 2 atom stereocenters. The number of benzene rings is 1. The Labute approximate surface area is 307 Å². The number of pyridine rings is 1. The summed E-state index contributed by atoms with van der Waals surface area (Å²) in [5, 5.41) is 9.61. The predicted octanol–water partition coefficient (Wildman–Crippen LogP) is 7.15. The SMILES string of the molecule is CC(C)(C)OC(=O)N1CC2CN(C3CCC(C#Cc4ccc5c(n4)CN([C@H]4C(C)(C)[C@H](Oc6ccc(C#N)c(Cl)c6)C4(C)C)C5=O)CC3)CC2C1. The van der Waals surface area contributed by atoms with Crippen LogP contribution in [0.15, 0.2) is 30.3 Å². The van der Waals surface area contributed by atoms with E-state index in [4.69, 9.17) is 26.1 Å². The van der Waals surface area contributed by atoms with E-state index in [-0.39, 0.29) is 35.0 Å². The van der Waals surface area contributed by atoms with Gasteiger partial charge in [-0.2, -0.15) is 5.26 Å². The summed E-state index contributed by atoms with van der Waals surface area (Å²) < 4.78 is 12.1. The van der Waals surface area contributed by atoms with E-state index >= 15 is 0 Å². The Morgan fingerprint density at radius 2 is 1.65 bits per heavy atom. The molecule has 5 aliphatic rings. The van der Waals surface area contributed by atoms with Gasteiger partial charge in [-0.25, -0.2) is 9.78 Å². The van der Waals surface area contributed by atoms with Crippen molar-refractivity contribution in [2.75, 3.05) is 26.2 Å². The largest absolute Gasteiger partial charge is 0.489 e. The normalized spacial score (nSPS) is 29.4. The minimum atomic E-state index is -0.461. The maximum absolute atomic E-state index is 13.7. The zero-order valence-corrected chi connectivity index (χ0v) is 31.7. The van der Waals surface area contributed by atoms with Gasteiger partial charge < -0.3 is 19.3 Å². The summed E-state index contributed by atoms with van der Waals surface area (Å²) in [6, 6.07) is 11.5. The summed E-state index contributed by atoms with van der Waals surface area (Å²) in [5.41, 5.74) is 1.44. The van der Waals surface area contributed by atoms with Crippen molar-refractivity contribution < 1.29 is 19.1 Å². The van der Waals surface area contributed by atoms with Crippen LogP contribution >= 0.6 is 11.6 Å². The highest BCUT2D eigenvalue weighted by molar-refractivity contribution is 6.31. The summed E-state index contributed by atoms with van der Waals surface area (Å²) in [6.07, 6.45) is 4.10. The maximum atomic E-state index is 13.7. The lowest BCUT2D eigenvalue weighted by atomic mass is 9.49. The molecular formula is C41H50ClN5O4. The molecule has 1 aromatic carbocycles. The fourth-order valence-corrected chi connectivity index (χ4v) is 10.3. The van der Waals surface area contributed by atoms with Gasteiger partial charge >= 0.3 is 6.09 Å². The first kappa shape index (κ1) is 35.6. The number of ether oxygens (including phenoxy) is 2. The third-order valence-electron chi connectivity index (χ3n) is 12.0. The minimum absolute atomic E-state index is 0.00458. The quantitative estimate of drug-likeness (QED) is 0.311. The molecule has 0 N–H and O–H groups in total. The van der Waals surface area contributed by atoms with Gasteiger partial charge in [0.25, 0.3) is 5.91 Å². The van der Waals surface area contributed by atoms with Gasteiger partial charge in [-0.05, 0) is 88.5 Å². The molecule has 7 rings (SSSR count). The van der Waals surface area contributed by atoms with Crippen molar-refractivity contribution in [3.8, 4) is 23.7 Å². The number of aromatic nitrogens is 1. The zero-order valence-electron chi connectivity index (χ0n) is 31.0. The molecule has 0 radical (unpaired) electrons. The Balaban J connectivity index is 0.925. The van der Waals surface area contributed by atoms with E-state index in [9.17, 15) is 14.9 Å². The van der Waals surface area contributed by atoms with Crippen LogP contribution < -0.4 is 4.74 Å². The molecule has 2 amide bonds. The van der Waals surface area contributed by atoms with E-state index in [1.165, 1.54) is 0 Å². The van der Waals surface area contributed by atoms with Crippen LogP contribution in [0, 0.1) is 51.8 Å². The average molecular weight is 712 g/mol. The number of rotatable bonds is 4.